The van der Waals surface area contributed by atoms with Crippen LogP contribution in [0, 0.1) is 0 Å². The zero-order valence-corrected chi connectivity index (χ0v) is 11.7. The molecule has 2 aliphatic rings. The second-order valence-corrected chi connectivity index (χ2v) is 6.10. The maximum absolute atomic E-state index is 5.45. The third-order valence-electron chi connectivity index (χ3n) is 4.54. The first-order valence-electron chi connectivity index (χ1n) is 7.38. The molecule has 1 aromatic rings. The van der Waals surface area contributed by atoms with Gasteiger partial charge < -0.3 is 15.4 Å². The van der Waals surface area contributed by atoms with E-state index in [2.05, 4.69) is 41.8 Å². The fourth-order valence-corrected chi connectivity index (χ4v) is 3.03. The van der Waals surface area contributed by atoms with Crippen LogP contribution in [0.2, 0.25) is 0 Å². The van der Waals surface area contributed by atoms with Crippen LogP contribution in [0.4, 0.5) is 0 Å². The molecule has 0 bridgehead atoms. The van der Waals surface area contributed by atoms with Crippen molar-refractivity contribution < 1.29 is 4.74 Å². The van der Waals surface area contributed by atoms with E-state index in [1.165, 1.54) is 11.1 Å². The molecule has 0 amide bonds. The van der Waals surface area contributed by atoms with E-state index in [-0.39, 0.29) is 5.54 Å². The first-order chi connectivity index (χ1) is 9.25. The van der Waals surface area contributed by atoms with Crippen LogP contribution < -0.4 is 10.6 Å². The lowest BCUT2D eigenvalue weighted by atomic mass is 9.91. The van der Waals surface area contributed by atoms with Crippen LogP contribution in [0.3, 0.4) is 0 Å². The number of nitrogens with one attached hydrogen (secondary N) is 2. The van der Waals surface area contributed by atoms with Gasteiger partial charge in [-0.1, -0.05) is 24.3 Å². The summed E-state index contributed by atoms with van der Waals surface area (Å²) in [6.45, 7) is 6.16. The molecule has 1 aromatic carbocycles. The maximum Gasteiger partial charge on any atom is 0.0483 e. The van der Waals surface area contributed by atoms with E-state index in [1.807, 2.05) is 0 Å². The van der Waals surface area contributed by atoms with Gasteiger partial charge >= 0.3 is 0 Å². The SMILES string of the molecule is CC1(NCC2Cc3ccccc3CN2)CCOCC1. The number of ether oxygens (including phenoxy) is 1. The second-order valence-electron chi connectivity index (χ2n) is 6.10. The van der Waals surface area contributed by atoms with Crippen LogP contribution in [-0.4, -0.2) is 31.3 Å². The van der Waals surface area contributed by atoms with Crippen LogP contribution in [0.25, 0.3) is 0 Å². The van der Waals surface area contributed by atoms with Gasteiger partial charge in [-0.25, -0.2) is 0 Å². The highest BCUT2D eigenvalue weighted by molar-refractivity contribution is 5.29. The monoisotopic (exact) mass is 260 g/mol. The molecule has 0 aliphatic carbocycles. The topological polar surface area (TPSA) is 33.3 Å². The summed E-state index contributed by atoms with van der Waals surface area (Å²) in [5, 5.41) is 7.39. The zero-order chi connectivity index (χ0) is 13.1. The lowest BCUT2D eigenvalue weighted by molar-refractivity contribution is 0.0443. The molecule has 2 N–H and O–H groups in total. The van der Waals surface area contributed by atoms with Gasteiger partial charge in [0.1, 0.15) is 0 Å². The molecule has 1 saturated heterocycles. The number of rotatable bonds is 3. The van der Waals surface area contributed by atoms with E-state index < -0.39 is 0 Å². The number of hydrogen-bond acceptors (Lipinski definition) is 3. The van der Waals surface area contributed by atoms with Crippen LogP contribution in [-0.2, 0) is 17.7 Å². The molecule has 0 aromatic heterocycles. The van der Waals surface area contributed by atoms with Crippen molar-refractivity contribution in [3.05, 3.63) is 35.4 Å². The normalized spacial score (nSPS) is 25.8. The van der Waals surface area contributed by atoms with E-state index in [1.54, 1.807) is 0 Å². The van der Waals surface area contributed by atoms with Crippen molar-refractivity contribution in [3.8, 4) is 0 Å². The number of fused-ring (bicyclic) bond motifs is 1. The van der Waals surface area contributed by atoms with Crippen LogP contribution >= 0.6 is 0 Å². The van der Waals surface area contributed by atoms with Gasteiger partial charge in [0.15, 0.2) is 0 Å². The molecule has 1 fully saturated rings. The molecule has 1 atom stereocenters. The summed E-state index contributed by atoms with van der Waals surface area (Å²) in [6.07, 6.45) is 3.38. The van der Waals surface area contributed by atoms with Crippen LogP contribution in [0.5, 0.6) is 0 Å². The standard InChI is InChI=1S/C16H24N2O/c1-16(6-8-19-9-7-16)18-12-15-10-13-4-2-3-5-14(13)11-17-15/h2-5,15,17-18H,6-12H2,1H3. The Morgan fingerprint density at radius 1 is 1.26 bits per heavy atom. The Morgan fingerprint density at radius 2 is 2.00 bits per heavy atom. The first kappa shape index (κ1) is 13.1. The van der Waals surface area contributed by atoms with E-state index in [0.29, 0.717) is 6.04 Å². The van der Waals surface area contributed by atoms with Gasteiger partial charge in [-0.15, -0.1) is 0 Å². The minimum Gasteiger partial charge on any atom is -0.381 e. The Bertz CT molecular complexity index is 427. The van der Waals surface area contributed by atoms with Crippen LogP contribution in [0.15, 0.2) is 24.3 Å². The van der Waals surface area contributed by atoms with Crippen molar-refractivity contribution in [1.82, 2.24) is 10.6 Å². The Hall–Kier alpha value is -0.900. The van der Waals surface area contributed by atoms with Gasteiger partial charge in [0.25, 0.3) is 0 Å². The molecule has 104 valence electrons. The summed E-state index contributed by atoms with van der Waals surface area (Å²) < 4.78 is 5.45. The molecule has 2 aliphatic heterocycles. The zero-order valence-electron chi connectivity index (χ0n) is 11.7. The van der Waals surface area contributed by atoms with E-state index >= 15 is 0 Å². The number of hydrogen-bond donors (Lipinski definition) is 2. The minimum absolute atomic E-state index is 0.261. The smallest absolute Gasteiger partial charge is 0.0483 e. The first-order valence-corrected chi connectivity index (χ1v) is 7.38. The van der Waals surface area contributed by atoms with Gasteiger partial charge in [-0.2, -0.15) is 0 Å². The van der Waals surface area contributed by atoms with Crippen molar-refractivity contribution in [2.45, 2.75) is 44.3 Å². The highest BCUT2D eigenvalue weighted by Crippen LogP contribution is 2.21. The summed E-state index contributed by atoms with van der Waals surface area (Å²) in [5.41, 5.74) is 3.22. The Balaban J connectivity index is 1.54. The van der Waals surface area contributed by atoms with E-state index in [0.717, 1.165) is 45.6 Å². The highest BCUT2D eigenvalue weighted by Gasteiger charge is 2.28. The summed E-state index contributed by atoms with van der Waals surface area (Å²) in [5.74, 6) is 0. The van der Waals surface area contributed by atoms with Gasteiger partial charge in [-0.3, -0.25) is 0 Å². The van der Waals surface area contributed by atoms with Crippen molar-refractivity contribution in [2.75, 3.05) is 19.8 Å². The average molecular weight is 260 g/mol. The predicted octanol–water partition coefficient (Wildman–Crippen LogP) is 1.86. The fourth-order valence-electron chi connectivity index (χ4n) is 3.03. The van der Waals surface area contributed by atoms with Crippen molar-refractivity contribution in [2.24, 2.45) is 0 Å². The molecule has 19 heavy (non-hydrogen) atoms. The third kappa shape index (κ3) is 3.16. The molecule has 0 radical (unpaired) electrons. The van der Waals surface area contributed by atoms with Crippen molar-refractivity contribution in [3.63, 3.8) is 0 Å². The van der Waals surface area contributed by atoms with Crippen molar-refractivity contribution in [1.29, 1.82) is 0 Å². The van der Waals surface area contributed by atoms with Gasteiger partial charge in [0.05, 0.1) is 0 Å². The largest absolute Gasteiger partial charge is 0.381 e. The van der Waals surface area contributed by atoms with E-state index in [9.17, 15) is 0 Å². The molecule has 3 heteroatoms. The number of benzene rings is 1. The Morgan fingerprint density at radius 3 is 2.79 bits per heavy atom. The molecule has 3 rings (SSSR count). The quantitative estimate of drug-likeness (QED) is 0.870. The molecule has 1 unspecified atom stereocenters. The predicted molar refractivity (Wildman–Crippen MR) is 77.2 cm³/mol. The van der Waals surface area contributed by atoms with Gasteiger partial charge in [-0.05, 0) is 37.3 Å². The lowest BCUT2D eigenvalue weighted by Crippen LogP contribution is -2.52. The summed E-state index contributed by atoms with van der Waals surface area (Å²) in [7, 11) is 0. The molecule has 0 saturated carbocycles. The second kappa shape index (κ2) is 5.61. The molecule has 3 nitrogen and oxygen atoms in total. The van der Waals surface area contributed by atoms with E-state index in [4.69, 9.17) is 4.74 Å². The Kier molecular flexibility index (Phi) is 3.87. The lowest BCUT2D eigenvalue weighted by Gasteiger charge is -2.37. The average Bonchev–Trinajstić information content (AvgIpc) is 2.46. The molecule has 0 spiro atoms. The Labute approximate surface area is 115 Å². The maximum atomic E-state index is 5.45. The minimum atomic E-state index is 0.261. The highest BCUT2D eigenvalue weighted by atomic mass is 16.5. The summed E-state index contributed by atoms with van der Waals surface area (Å²) in [4.78, 5) is 0. The molecule has 2 heterocycles. The summed E-state index contributed by atoms with van der Waals surface area (Å²) >= 11 is 0. The fraction of sp³-hybridized carbons (Fsp3) is 0.625. The molecular formula is C16H24N2O. The molecular weight excluding hydrogens is 236 g/mol. The van der Waals surface area contributed by atoms with Crippen molar-refractivity contribution >= 4 is 0 Å². The van der Waals surface area contributed by atoms with Gasteiger partial charge in [0.2, 0.25) is 0 Å². The summed E-state index contributed by atoms with van der Waals surface area (Å²) in [6, 6.07) is 9.32. The third-order valence-corrected chi connectivity index (χ3v) is 4.54. The van der Waals surface area contributed by atoms with Gasteiger partial charge in [0, 0.05) is 37.9 Å². The van der Waals surface area contributed by atoms with Crippen LogP contribution in [0.1, 0.15) is 30.9 Å².